The van der Waals surface area contributed by atoms with E-state index >= 15 is 0 Å². The third-order valence-corrected chi connectivity index (χ3v) is 3.00. The van der Waals surface area contributed by atoms with Gasteiger partial charge >= 0.3 is 0 Å². The molecule has 1 rings (SSSR count). The zero-order valence-corrected chi connectivity index (χ0v) is 9.01. The molecule has 1 fully saturated rings. The number of hydrogen-bond donors (Lipinski definition) is 0. The van der Waals surface area contributed by atoms with E-state index in [4.69, 9.17) is 0 Å². The van der Waals surface area contributed by atoms with E-state index in [2.05, 4.69) is 32.7 Å². The first-order valence-corrected chi connectivity index (χ1v) is 5.28. The summed E-state index contributed by atoms with van der Waals surface area (Å²) in [7, 11) is 2.26. The quantitative estimate of drug-likeness (QED) is 0.611. The molecule has 1 atom stereocenters. The van der Waals surface area contributed by atoms with Gasteiger partial charge in [0.2, 0.25) is 0 Å². The van der Waals surface area contributed by atoms with Crippen LogP contribution in [0.5, 0.6) is 0 Å². The van der Waals surface area contributed by atoms with Gasteiger partial charge in [-0.15, -0.1) is 0 Å². The Balaban J connectivity index is 2.10. The standard InChI is InChI=1S/C11H23N/c1-9(2)10(3)7-12(4)8-11-5-6-11/h9-11H,5-8H2,1-4H3. The Morgan fingerprint density at radius 2 is 1.83 bits per heavy atom. The van der Waals surface area contributed by atoms with Crippen molar-refractivity contribution in [3.05, 3.63) is 0 Å². The van der Waals surface area contributed by atoms with E-state index in [9.17, 15) is 0 Å². The molecule has 0 aromatic rings. The molecule has 0 radical (unpaired) electrons. The zero-order valence-electron chi connectivity index (χ0n) is 9.01. The smallest absolute Gasteiger partial charge is 0.000673 e. The molecular formula is C11H23N. The van der Waals surface area contributed by atoms with Crippen LogP contribution >= 0.6 is 0 Å². The minimum Gasteiger partial charge on any atom is -0.306 e. The number of nitrogens with zero attached hydrogens (tertiary/aromatic N) is 1. The van der Waals surface area contributed by atoms with Crippen LogP contribution in [0.25, 0.3) is 0 Å². The topological polar surface area (TPSA) is 3.24 Å². The molecule has 0 bridgehead atoms. The van der Waals surface area contributed by atoms with Gasteiger partial charge in [-0.3, -0.25) is 0 Å². The molecule has 1 unspecified atom stereocenters. The van der Waals surface area contributed by atoms with Crippen LogP contribution in [0.1, 0.15) is 33.6 Å². The molecule has 72 valence electrons. The molecule has 0 saturated heterocycles. The summed E-state index contributed by atoms with van der Waals surface area (Å²) in [5.41, 5.74) is 0. The second-order valence-electron chi connectivity index (χ2n) is 4.89. The fourth-order valence-corrected chi connectivity index (χ4v) is 1.52. The molecule has 12 heavy (non-hydrogen) atoms. The van der Waals surface area contributed by atoms with E-state index in [1.165, 1.54) is 25.9 Å². The second-order valence-corrected chi connectivity index (χ2v) is 4.89. The first-order valence-electron chi connectivity index (χ1n) is 5.28. The predicted octanol–water partition coefficient (Wildman–Crippen LogP) is 2.62. The number of hydrogen-bond acceptors (Lipinski definition) is 1. The SMILES string of the molecule is CC(C)C(C)CN(C)CC1CC1. The highest BCUT2D eigenvalue weighted by molar-refractivity contribution is 4.76. The lowest BCUT2D eigenvalue weighted by Gasteiger charge is -2.23. The van der Waals surface area contributed by atoms with Crippen LogP contribution in [0.15, 0.2) is 0 Å². The third kappa shape index (κ3) is 3.57. The Hall–Kier alpha value is -0.0400. The number of rotatable bonds is 5. The van der Waals surface area contributed by atoms with Crippen LogP contribution < -0.4 is 0 Å². The Morgan fingerprint density at radius 3 is 2.25 bits per heavy atom. The monoisotopic (exact) mass is 169 g/mol. The Labute approximate surface area is 77.1 Å². The van der Waals surface area contributed by atoms with E-state index in [0.29, 0.717) is 0 Å². The summed E-state index contributed by atoms with van der Waals surface area (Å²) in [6.07, 6.45) is 2.95. The molecule has 0 aliphatic heterocycles. The van der Waals surface area contributed by atoms with Crippen molar-refractivity contribution >= 4 is 0 Å². The Morgan fingerprint density at radius 1 is 1.25 bits per heavy atom. The van der Waals surface area contributed by atoms with Crippen LogP contribution in [-0.2, 0) is 0 Å². The molecule has 0 aromatic carbocycles. The molecular weight excluding hydrogens is 146 g/mol. The van der Waals surface area contributed by atoms with E-state index in [1.807, 2.05) is 0 Å². The summed E-state index contributed by atoms with van der Waals surface area (Å²) >= 11 is 0. The molecule has 1 aliphatic rings. The predicted molar refractivity (Wildman–Crippen MR) is 54.2 cm³/mol. The van der Waals surface area contributed by atoms with Crippen molar-refractivity contribution < 1.29 is 0 Å². The Bertz CT molecular complexity index is 127. The van der Waals surface area contributed by atoms with Crippen molar-refractivity contribution in [1.82, 2.24) is 4.90 Å². The van der Waals surface area contributed by atoms with Crippen molar-refractivity contribution in [3.63, 3.8) is 0 Å². The molecule has 0 spiro atoms. The van der Waals surface area contributed by atoms with Crippen molar-refractivity contribution in [2.75, 3.05) is 20.1 Å². The molecule has 1 nitrogen and oxygen atoms in total. The summed E-state index contributed by atoms with van der Waals surface area (Å²) in [6.45, 7) is 9.59. The lowest BCUT2D eigenvalue weighted by atomic mass is 9.98. The maximum atomic E-state index is 2.50. The van der Waals surface area contributed by atoms with Crippen molar-refractivity contribution in [2.45, 2.75) is 33.6 Å². The van der Waals surface area contributed by atoms with E-state index in [0.717, 1.165) is 17.8 Å². The highest BCUT2D eigenvalue weighted by Crippen LogP contribution is 2.29. The minimum absolute atomic E-state index is 0.826. The van der Waals surface area contributed by atoms with E-state index in [-0.39, 0.29) is 0 Å². The first-order chi connectivity index (χ1) is 5.59. The fraction of sp³-hybridized carbons (Fsp3) is 1.00. The maximum Gasteiger partial charge on any atom is 0.000673 e. The van der Waals surface area contributed by atoms with Crippen molar-refractivity contribution in [3.8, 4) is 0 Å². The minimum atomic E-state index is 0.826. The largest absolute Gasteiger partial charge is 0.306 e. The van der Waals surface area contributed by atoms with Gasteiger partial charge in [0.1, 0.15) is 0 Å². The van der Waals surface area contributed by atoms with Crippen LogP contribution in [0.3, 0.4) is 0 Å². The average molecular weight is 169 g/mol. The van der Waals surface area contributed by atoms with Gasteiger partial charge in [0.05, 0.1) is 0 Å². The van der Waals surface area contributed by atoms with Gasteiger partial charge in [-0.05, 0) is 37.6 Å². The molecule has 1 aliphatic carbocycles. The molecule has 0 heterocycles. The van der Waals surface area contributed by atoms with Crippen LogP contribution in [0.4, 0.5) is 0 Å². The second kappa shape index (κ2) is 4.27. The lowest BCUT2D eigenvalue weighted by molar-refractivity contribution is 0.242. The zero-order chi connectivity index (χ0) is 9.14. The average Bonchev–Trinajstić information content (AvgIpc) is 2.71. The highest BCUT2D eigenvalue weighted by atomic mass is 15.1. The van der Waals surface area contributed by atoms with Gasteiger partial charge in [-0.2, -0.15) is 0 Å². The fourth-order valence-electron chi connectivity index (χ4n) is 1.52. The maximum absolute atomic E-state index is 2.50. The summed E-state index contributed by atoms with van der Waals surface area (Å²) < 4.78 is 0. The lowest BCUT2D eigenvalue weighted by Crippen LogP contribution is -2.28. The van der Waals surface area contributed by atoms with E-state index in [1.54, 1.807) is 0 Å². The summed E-state index contributed by atoms with van der Waals surface area (Å²) in [5.74, 6) is 2.70. The van der Waals surface area contributed by atoms with Crippen molar-refractivity contribution in [2.24, 2.45) is 17.8 Å². The molecule has 0 amide bonds. The van der Waals surface area contributed by atoms with Gasteiger partial charge in [0.25, 0.3) is 0 Å². The third-order valence-electron chi connectivity index (χ3n) is 3.00. The van der Waals surface area contributed by atoms with E-state index < -0.39 is 0 Å². The van der Waals surface area contributed by atoms with Gasteiger partial charge < -0.3 is 4.90 Å². The van der Waals surface area contributed by atoms with Gasteiger partial charge in [-0.25, -0.2) is 0 Å². The van der Waals surface area contributed by atoms with Crippen molar-refractivity contribution in [1.29, 1.82) is 0 Å². The molecule has 1 heteroatoms. The van der Waals surface area contributed by atoms with Crippen LogP contribution in [0.2, 0.25) is 0 Å². The van der Waals surface area contributed by atoms with Crippen LogP contribution in [-0.4, -0.2) is 25.0 Å². The molecule has 0 aromatic heterocycles. The Kier molecular flexibility index (Phi) is 3.57. The van der Waals surface area contributed by atoms with Crippen LogP contribution in [0, 0.1) is 17.8 Å². The van der Waals surface area contributed by atoms with Gasteiger partial charge in [0, 0.05) is 13.1 Å². The van der Waals surface area contributed by atoms with Gasteiger partial charge in [-0.1, -0.05) is 20.8 Å². The van der Waals surface area contributed by atoms with Gasteiger partial charge in [0.15, 0.2) is 0 Å². The highest BCUT2D eigenvalue weighted by Gasteiger charge is 2.23. The summed E-state index contributed by atoms with van der Waals surface area (Å²) in [5, 5.41) is 0. The summed E-state index contributed by atoms with van der Waals surface area (Å²) in [4.78, 5) is 2.50. The first kappa shape index (κ1) is 10.0. The molecule has 1 saturated carbocycles. The summed E-state index contributed by atoms with van der Waals surface area (Å²) in [6, 6.07) is 0. The molecule has 0 N–H and O–H groups in total. The normalized spacial score (nSPS) is 20.5.